The lowest BCUT2D eigenvalue weighted by molar-refractivity contribution is 0.0932. The molecule has 3 aromatic rings. The predicted molar refractivity (Wildman–Crippen MR) is 120 cm³/mol. The highest BCUT2D eigenvalue weighted by Gasteiger charge is 2.20. The summed E-state index contributed by atoms with van der Waals surface area (Å²) in [6.07, 6.45) is 7.33. The van der Waals surface area contributed by atoms with Crippen molar-refractivity contribution in [2.75, 3.05) is 26.2 Å². The van der Waals surface area contributed by atoms with Gasteiger partial charge in [0.25, 0.3) is 5.91 Å². The van der Waals surface area contributed by atoms with Gasteiger partial charge in [-0.1, -0.05) is 42.5 Å². The first-order valence-electron chi connectivity index (χ1n) is 10.9. The van der Waals surface area contributed by atoms with Crippen LogP contribution < -0.4 is 5.32 Å². The van der Waals surface area contributed by atoms with Gasteiger partial charge in [0.2, 0.25) is 0 Å². The number of carbonyl (C=O) groups is 1. The number of nitrogens with zero attached hydrogens (tertiary/aromatic N) is 3. The van der Waals surface area contributed by atoms with E-state index in [1.54, 1.807) is 0 Å². The largest absolute Gasteiger partial charge is 0.352 e. The zero-order valence-corrected chi connectivity index (χ0v) is 17.4. The van der Waals surface area contributed by atoms with Crippen molar-refractivity contribution in [3.63, 3.8) is 0 Å². The zero-order chi connectivity index (χ0) is 20.6. The molecule has 0 saturated carbocycles. The highest BCUT2D eigenvalue weighted by Crippen LogP contribution is 2.20. The Morgan fingerprint density at radius 1 is 1.00 bits per heavy atom. The molecule has 2 aromatic carbocycles. The molecule has 1 amide bonds. The number of carbonyl (C=O) groups excluding carboxylic acids is 1. The van der Waals surface area contributed by atoms with Crippen molar-refractivity contribution < 1.29 is 4.79 Å². The number of rotatable bonds is 8. The van der Waals surface area contributed by atoms with Crippen molar-refractivity contribution in [1.82, 2.24) is 20.0 Å². The molecule has 0 aliphatic carbocycles. The van der Waals surface area contributed by atoms with Gasteiger partial charge in [-0.3, -0.25) is 9.48 Å². The van der Waals surface area contributed by atoms with Crippen LogP contribution in [-0.4, -0.2) is 46.8 Å². The van der Waals surface area contributed by atoms with Gasteiger partial charge in [-0.2, -0.15) is 5.10 Å². The number of nitrogens with one attached hydrogen (secondary N) is 1. The number of amides is 1. The summed E-state index contributed by atoms with van der Waals surface area (Å²) in [5.41, 5.74) is 3.02. The van der Waals surface area contributed by atoms with Crippen molar-refractivity contribution in [3.8, 4) is 11.1 Å². The van der Waals surface area contributed by atoms with Crippen molar-refractivity contribution in [2.45, 2.75) is 25.8 Å². The Hall–Kier alpha value is -2.92. The molecule has 1 aromatic heterocycles. The Morgan fingerprint density at radius 2 is 1.80 bits per heavy atom. The Balaban J connectivity index is 1.22. The number of hydrogen-bond acceptors (Lipinski definition) is 3. The van der Waals surface area contributed by atoms with Crippen LogP contribution in [0.25, 0.3) is 11.1 Å². The molecule has 156 valence electrons. The van der Waals surface area contributed by atoms with Gasteiger partial charge in [0.15, 0.2) is 0 Å². The zero-order valence-electron chi connectivity index (χ0n) is 17.4. The van der Waals surface area contributed by atoms with E-state index in [0.717, 1.165) is 50.3 Å². The first-order chi connectivity index (χ1) is 14.8. The first-order valence-corrected chi connectivity index (χ1v) is 10.9. The maximum Gasteiger partial charge on any atom is 0.251 e. The number of piperidine rings is 1. The van der Waals surface area contributed by atoms with E-state index < -0.39 is 0 Å². The third-order valence-corrected chi connectivity index (χ3v) is 5.83. The summed E-state index contributed by atoms with van der Waals surface area (Å²) in [5.74, 6) is 0.543. The molecule has 1 atom stereocenters. The van der Waals surface area contributed by atoms with E-state index in [1.807, 2.05) is 65.6 Å². The highest BCUT2D eigenvalue weighted by atomic mass is 16.1. The summed E-state index contributed by atoms with van der Waals surface area (Å²) in [6, 6.07) is 20.1. The topological polar surface area (TPSA) is 50.2 Å². The van der Waals surface area contributed by atoms with E-state index >= 15 is 0 Å². The normalized spacial score (nSPS) is 17.0. The Labute approximate surface area is 178 Å². The van der Waals surface area contributed by atoms with E-state index in [-0.39, 0.29) is 5.91 Å². The monoisotopic (exact) mass is 402 g/mol. The highest BCUT2D eigenvalue weighted by molar-refractivity contribution is 5.94. The third kappa shape index (κ3) is 5.57. The van der Waals surface area contributed by atoms with Gasteiger partial charge in [0.1, 0.15) is 0 Å². The Bertz CT molecular complexity index is 906. The minimum Gasteiger partial charge on any atom is -0.352 e. The summed E-state index contributed by atoms with van der Waals surface area (Å²) in [4.78, 5) is 15.1. The summed E-state index contributed by atoms with van der Waals surface area (Å²) in [5, 5.41) is 7.41. The minimum absolute atomic E-state index is 0.0189. The second kappa shape index (κ2) is 10.2. The molecule has 5 heteroatoms. The van der Waals surface area contributed by atoms with Gasteiger partial charge in [0.05, 0.1) is 0 Å². The Kier molecular flexibility index (Phi) is 6.93. The van der Waals surface area contributed by atoms with E-state index in [9.17, 15) is 4.79 Å². The standard InChI is InChI=1S/C25H30N4O/c30-25(24-12-10-23(11-13-24)22-8-2-1-3-9-22)26-19-21-7-4-15-28(20-21)16-6-18-29-17-5-14-27-29/h1-3,5,8-14,17,21H,4,6-7,15-16,18-20H2,(H,26,30)/t21-/m1/s1. The van der Waals surface area contributed by atoms with E-state index in [0.29, 0.717) is 5.92 Å². The van der Waals surface area contributed by atoms with E-state index in [2.05, 4.69) is 27.4 Å². The maximum absolute atomic E-state index is 12.6. The molecule has 2 heterocycles. The van der Waals surface area contributed by atoms with Gasteiger partial charge in [0, 0.05) is 37.6 Å². The van der Waals surface area contributed by atoms with Gasteiger partial charge >= 0.3 is 0 Å². The lowest BCUT2D eigenvalue weighted by atomic mass is 9.97. The molecule has 0 radical (unpaired) electrons. The van der Waals surface area contributed by atoms with Crippen LogP contribution in [-0.2, 0) is 6.54 Å². The van der Waals surface area contributed by atoms with Gasteiger partial charge in [-0.05, 0) is 67.6 Å². The first kappa shape index (κ1) is 20.4. The van der Waals surface area contributed by atoms with Crippen LogP contribution in [0.5, 0.6) is 0 Å². The van der Waals surface area contributed by atoms with Crippen LogP contribution >= 0.6 is 0 Å². The molecule has 0 spiro atoms. The summed E-state index contributed by atoms with van der Waals surface area (Å²) in [7, 11) is 0. The minimum atomic E-state index is 0.0189. The average molecular weight is 403 g/mol. The number of aromatic nitrogens is 2. The molecule has 4 rings (SSSR count). The number of aryl methyl sites for hydroxylation is 1. The van der Waals surface area contributed by atoms with E-state index in [4.69, 9.17) is 0 Å². The predicted octanol–water partition coefficient (Wildman–Crippen LogP) is 4.08. The summed E-state index contributed by atoms with van der Waals surface area (Å²) in [6.45, 7) is 5.01. The quantitative estimate of drug-likeness (QED) is 0.618. The summed E-state index contributed by atoms with van der Waals surface area (Å²) >= 11 is 0. The van der Waals surface area contributed by atoms with Crippen LogP contribution in [0.4, 0.5) is 0 Å². The third-order valence-electron chi connectivity index (χ3n) is 5.83. The van der Waals surface area contributed by atoms with Crippen molar-refractivity contribution in [2.24, 2.45) is 5.92 Å². The molecule has 5 nitrogen and oxygen atoms in total. The fourth-order valence-electron chi connectivity index (χ4n) is 4.19. The molecular formula is C25H30N4O. The number of hydrogen-bond donors (Lipinski definition) is 1. The SMILES string of the molecule is O=C(NC[C@H]1CCCN(CCCn2cccn2)C1)c1ccc(-c2ccccc2)cc1. The van der Waals surface area contributed by atoms with Crippen molar-refractivity contribution in [1.29, 1.82) is 0 Å². The Morgan fingerprint density at radius 3 is 2.57 bits per heavy atom. The lowest BCUT2D eigenvalue weighted by Crippen LogP contribution is -2.41. The maximum atomic E-state index is 12.6. The van der Waals surface area contributed by atoms with Gasteiger partial charge in [-0.25, -0.2) is 0 Å². The summed E-state index contributed by atoms with van der Waals surface area (Å²) < 4.78 is 1.99. The molecule has 1 aliphatic rings. The average Bonchev–Trinajstić information content (AvgIpc) is 3.32. The molecular weight excluding hydrogens is 372 g/mol. The van der Waals surface area contributed by atoms with E-state index in [1.165, 1.54) is 18.4 Å². The second-order valence-electron chi connectivity index (χ2n) is 8.08. The van der Waals surface area contributed by atoms with Gasteiger partial charge in [-0.15, -0.1) is 0 Å². The van der Waals surface area contributed by atoms with Crippen LogP contribution in [0.1, 0.15) is 29.6 Å². The lowest BCUT2D eigenvalue weighted by Gasteiger charge is -2.32. The molecule has 1 saturated heterocycles. The molecule has 1 aliphatic heterocycles. The molecule has 0 unspecified atom stereocenters. The fraction of sp³-hybridized carbons (Fsp3) is 0.360. The second-order valence-corrected chi connectivity index (χ2v) is 8.08. The van der Waals surface area contributed by atoms with Crippen LogP contribution in [0.3, 0.4) is 0 Å². The van der Waals surface area contributed by atoms with Crippen molar-refractivity contribution >= 4 is 5.91 Å². The smallest absolute Gasteiger partial charge is 0.251 e. The molecule has 0 bridgehead atoms. The van der Waals surface area contributed by atoms with Crippen LogP contribution in [0.15, 0.2) is 73.1 Å². The van der Waals surface area contributed by atoms with Gasteiger partial charge < -0.3 is 10.2 Å². The van der Waals surface area contributed by atoms with Crippen LogP contribution in [0, 0.1) is 5.92 Å². The molecule has 1 N–H and O–H groups in total. The number of benzene rings is 2. The molecule has 1 fully saturated rings. The molecule has 30 heavy (non-hydrogen) atoms. The number of likely N-dealkylation sites (tertiary alicyclic amines) is 1. The fourth-order valence-corrected chi connectivity index (χ4v) is 4.19. The van der Waals surface area contributed by atoms with Crippen LogP contribution in [0.2, 0.25) is 0 Å². The van der Waals surface area contributed by atoms with Crippen molar-refractivity contribution in [3.05, 3.63) is 78.6 Å².